The summed E-state index contributed by atoms with van der Waals surface area (Å²) in [4.78, 5) is 12.1. The van der Waals surface area contributed by atoms with E-state index in [0.717, 1.165) is 17.1 Å². The fraction of sp³-hybridized carbons (Fsp3) is 0.350. The minimum Gasteiger partial charge on any atom is -0.495 e. The number of ether oxygens (including phenoxy) is 1. The lowest BCUT2D eigenvalue weighted by atomic mass is 9.87. The fourth-order valence-corrected chi connectivity index (χ4v) is 2.38. The van der Waals surface area contributed by atoms with Crippen molar-refractivity contribution in [2.24, 2.45) is 0 Å². The molecule has 0 fully saturated rings. The van der Waals surface area contributed by atoms with E-state index in [0.29, 0.717) is 13.0 Å². The molecule has 4 heteroatoms. The van der Waals surface area contributed by atoms with Crippen LogP contribution in [0.5, 0.6) is 5.75 Å². The van der Waals surface area contributed by atoms with Crippen molar-refractivity contribution in [2.45, 2.75) is 32.6 Å². The van der Waals surface area contributed by atoms with Gasteiger partial charge in [0.25, 0.3) is 0 Å². The number of para-hydroxylation sites is 2. The molecule has 0 aromatic heterocycles. The van der Waals surface area contributed by atoms with Crippen LogP contribution in [0.3, 0.4) is 0 Å². The first kappa shape index (κ1) is 17.9. The second-order valence-corrected chi connectivity index (χ2v) is 6.75. The molecular weight excluding hydrogens is 300 g/mol. The third kappa shape index (κ3) is 5.01. The Morgan fingerprint density at radius 3 is 2.33 bits per heavy atom. The van der Waals surface area contributed by atoms with E-state index in [1.54, 1.807) is 7.11 Å². The van der Waals surface area contributed by atoms with E-state index in [1.165, 1.54) is 5.56 Å². The van der Waals surface area contributed by atoms with E-state index in [9.17, 15) is 4.79 Å². The summed E-state index contributed by atoms with van der Waals surface area (Å²) >= 11 is 0. The smallest absolute Gasteiger partial charge is 0.226 e. The van der Waals surface area contributed by atoms with Crippen molar-refractivity contribution in [2.75, 3.05) is 24.3 Å². The Balaban J connectivity index is 1.83. The van der Waals surface area contributed by atoms with E-state index in [4.69, 9.17) is 4.74 Å². The van der Waals surface area contributed by atoms with Crippen LogP contribution in [0.1, 0.15) is 32.8 Å². The van der Waals surface area contributed by atoms with Crippen LogP contribution in [0, 0.1) is 0 Å². The van der Waals surface area contributed by atoms with Gasteiger partial charge in [-0.1, -0.05) is 45.0 Å². The van der Waals surface area contributed by atoms with Gasteiger partial charge in [-0.25, -0.2) is 0 Å². The number of benzene rings is 2. The number of carbonyl (C=O) groups is 1. The number of nitrogens with one attached hydrogen (secondary N) is 2. The lowest BCUT2D eigenvalue weighted by Gasteiger charge is -2.19. The van der Waals surface area contributed by atoms with E-state index in [2.05, 4.69) is 43.5 Å². The molecule has 1 amide bonds. The van der Waals surface area contributed by atoms with Crippen molar-refractivity contribution >= 4 is 17.3 Å². The standard InChI is InChI=1S/C20H26N2O2/c1-20(2,3)15-9-11-16(12-10-15)22-19(23)13-14-21-17-7-5-6-8-18(17)24-4/h5-12,21H,13-14H2,1-4H3,(H,22,23). The SMILES string of the molecule is COc1ccccc1NCCC(=O)Nc1ccc(C(C)(C)C)cc1. The van der Waals surface area contributed by atoms with Gasteiger partial charge < -0.3 is 15.4 Å². The van der Waals surface area contributed by atoms with Crippen LogP contribution in [0.25, 0.3) is 0 Å². The zero-order chi connectivity index (χ0) is 17.6. The Labute approximate surface area is 144 Å². The largest absolute Gasteiger partial charge is 0.495 e. The predicted octanol–water partition coefficient (Wildman–Crippen LogP) is 4.43. The van der Waals surface area contributed by atoms with Crippen LogP contribution in [0.15, 0.2) is 48.5 Å². The highest BCUT2D eigenvalue weighted by Crippen LogP contribution is 2.24. The van der Waals surface area contributed by atoms with Crippen molar-refractivity contribution in [3.8, 4) is 5.75 Å². The van der Waals surface area contributed by atoms with Gasteiger partial charge in [-0.2, -0.15) is 0 Å². The molecule has 24 heavy (non-hydrogen) atoms. The summed E-state index contributed by atoms with van der Waals surface area (Å²) in [5.74, 6) is 0.761. The summed E-state index contributed by atoms with van der Waals surface area (Å²) in [5.41, 5.74) is 3.08. The maximum atomic E-state index is 12.1. The van der Waals surface area contributed by atoms with Gasteiger partial charge in [-0.3, -0.25) is 4.79 Å². The minimum absolute atomic E-state index is 0.0130. The molecule has 128 valence electrons. The van der Waals surface area contributed by atoms with Gasteiger partial charge in [0, 0.05) is 18.7 Å². The van der Waals surface area contributed by atoms with E-state index >= 15 is 0 Å². The van der Waals surface area contributed by atoms with Crippen molar-refractivity contribution in [1.82, 2.24) is 0 Å². The maximum absolute atomic E-state index is 12.1. The lowest BCUT2D eigenvalue weighted by molar-refractivity contribution is -0.115. The molecule has 2 N–H and O–H groups in total. The van der Waals surface area contributed by atoms with Crippen molar-refractivity contribution < 1.29 is 9.53 Å². The summed E-state index contributed by atoms with van der Waals surface area (Å²) in [6.07, 6.45) is 0.388. The average Bonchev–Trinajstić information content (AvgIpc) is 2.55. The molecule has 4 nitrogen and oxygen atoms in total. The van der Waals surface area contributed by atoms with Gasteiger partial charge in [0.05, 0.1) is 12.8 Å². The number of methoxy groups -OCH3 is 1. The van der Waals surface area contributed by atoms with Gasteiger partial charge in [-0.15, -0.1) is 0 Å². The zero-order valence-corrected chi connectivity index (χ0v) is 14.8. The normalized spacial score (nSPS) is 11.0. The first-order chi connectivity index (χ1) is 11.4. The molecule has 0 atom stereocenters. The molecule has 0 radical (unpaired) electrons. The predicted molar refractivity (Wildman–Crippen MR) is 99.9 cm³/mol. The third-order valence-corrected chi connectivity index (χ3v) is 3.81. The van der Waals surface area contributed by atoms with Crippen LogP contribution in [-0.2, 0) is 10.2 Å². The van der Waals surface area contributed by atoms with E-state index in [-0.39, 0.29) is 11.3 Å². The molecular formula is C20H26N2O2. The van der Waals surface area contributed by atoms with E-state index in [1.807, 2.05) is 36.4 Å². The first-order valence-corrected chi connectivity index (χ1v) is 8.17. The Bertz CT molecular complexity index is 673. The monoisotopic (exact) mass is 326 g/mol. The van der Waals surface area contributed by atoms with Gasteiger partial charge in [0.2, 0.25) is 5.91 Å². The first-order valence-electron chi connectivity index (χ1n) is 8.17. The van der Waals surface area contributed by atoms with E-state index < -0.39 is 0 Å². The Hall–Kier alpha value is -2.49. The van der Waals surface area contributed by atoms with Crippen LogP contribution in [0.2, 0.25) is 0 Å². The average molecular weight is 326 g/mol. The van der Waals surface area contributed by atoms with Gasteiger partial charge in [-0.05, 0) is 35.2 Å². The Kier molecular flexibility index (Phi) is 5.85. The van der Waals surface area contributed by atoms with Crippen molar-refractivity contribution in [3.05, 3.63) is 54.1 Å². The quantitative estimate of drug-likeness (QED) is 0.825. The summed E-state index contributed by atoms with van der Waals surface area (Å²) < 4.78 is 5.27. The summed E-state index contributed by atoms with van der Waals surface area (Å²) in [5, 5.41) is 6.15. The third-order valence-electron chi connectivity index (χ3n) is 3.81. The summed E-state index contributed by atoms with van der Waals surface area (Å²) in [6.45, 7) is 7.06. The molecule has 2 aromatic rings. The second-order valence-electron chi connectivity index (χ2n) is 6.75. The Morgan fingerprint density at radius 2 is 1.71 bits per heavy atom. The van der Waals surface area contributed by atoms with Gasteiger partial charge >= 0.3 is 0 Å². The number of carbonyl (C=O) groups excluding carboxylic acids is 1. The van der Waals surface area contributed by atoms with Gasteiger partial charge in [0.1, 0.15) is 5.75 Å². The Morgan fingerprint density at radius 1 is 1.04 bits per heavy atom. The molecule has 0 bridgehead atoms. The van der Waals surface area contributed by atoms with Gasteiger partial charge in [0.15, 0.2) is 0 Å². The number of rotatable bonds is 6. The van der Waals surface area contributed by atoms with Crippen molar-refractivity contribution in [3.63, 3.8) is 0 Å². The molecule has 0 aliphatic carbocycles. The number of hydrogen-bond acceptors (Lipinski definition) is 3. The molecule has 0 saturated heterocycles. The molecule has 0 unspecified atom stereocenters. The molecule has 0 heterocycles. The highest BCUT2D eigenvalue weighted by molar-refractivity contribution is 5.91. The lowest BCUT2D eigenvalue weighted by Crippen LogP contribution is -2.17. The van der Waals surface area contributed by atoms with Crippen molar-refractivity contribution in [1.29, 1.82) is 0 Å². The topological polar surface area (TPSA) is 50.4 Å². The number of anilines is 2. The molecule has 0 aliphatic rings. The molecule has 0 aliphatic heterocycles. The molecule has 0 spiro atoms. The van der Waals surface area contributed by atoms with Crippen LogP contribution >= 0.6 is 0 Å². The molecule has 2 aromatic carbocycles. The van der Waals surface area contributed by atoms with Crippen LogP contribution in [0.4, 0.5) is 11.4 Å². The summed E-state index contributed by atoms with van der Waals surface area (Å²) in [7, 11) is 1.63. The number of amides is 1. The molecule has 0 saturated carbocycles. The zero-order valence-electron chi connectivity index (χ0n) is 14.8. The maximum Gasteiger partial charge on any atom is 0.226 e. The highest BCUT2D eigenvalue weighted by Gasteiger charge is 2.13. The molecule has 2 rings (SSSR count). The summed E-state index contributed by atoms with van der Waals surface area (Å²) in [6, 6.07) is 15.7. The van der Waals surface area contributed by atoms with Crippen LogP contribution < -0.4 is 15.4 Å². The second kappa shape index (κ2) is 7.86. The van der Waals surface area contributed by atoms with Crippen LogP contribution in [-0.4, -0.2) is 19.6 Å². The number of hydrogen-bond donors (Lipinski definition) is 2. The fourth-order valence-electron chi connectivity index (χ4n) is 2.38. The minimum atomic E-state index is -0.0130. The highest BCUT2D eigenvalue weighted by atomic mass is 16.5.